The summed E-state index contributed by atoms with van der Waals surface area (Å²) in [6, 6.07) is 2.72. The van der Waals surface area contributed by atoms with Crippen LogP contribution in [0.4, 0.5) is 10.1 Å². The second-order valence-corrected chi connectivity index (χ2v) is 2.92. The fourth-order valence-electron chi connectivity index (χ4n) is 1.11. The Morgan fingerprint density at radius 1 is 1.62 bits per heavy atom. The first kappa shape index (κ1) is 11.8. The van der Waals surface area contributed by atoms with Crippen molar-refractivity contribution in [2.75, 3.05) is 6.54 Å². The van der Waals surface area contributed by atoms with Gasteiger partial charge in [0.05, 0.1) is 4.92 Å². The largest absolute Gasteiger partial charge is 0.348 e. The van der Waals surface area contributed by atoms with E-state index in [9.17, 15) is 19.3 Å². The fourth-order valence-corrected chi connectivity index (χ4v) is 1.11. The lowest BCUT2D eigenvalue weighted by atomic mass is 10.1. The highest BCUT2D eigenvalue weighted by atomic mass is 19.1. The van der Waals surface area contributed by atoms with E-state index in [0.29, 0.717) is 0 Å². The highest BCUT2D eigenvalue weighted by Gasteiger charge is 2.20. The molecule has 1 amide bonds. The van der Waals surface area contributed by atoms with Crippen molar-refractivity contribution in [3.8, 4) is 0 Å². The topological polar surface area (TPSA) is 72.2 Å². The minimum atomic E-state index is -0.734. The standard InChI is InChI=1S/C10H9FN2O3/c1-2-5-12-10(14)8-6-7(11)3-4-9(8)13(15)16/h2-4,6H,1,5H2,(H,12,14). The maximum absolute atomic E-state index is 12.9. The molecule has 0 aromatic heterocycles. The smallest absolute Gasteiger partial charge is 0.282 e. The van der Waals surface area contributed by atoms with Gasteiger partial charge in [-0.2, -0.15) is 0 Å². The number of amides is 1. The Morgan fingerprint density at radius 3 is 2.88 bits per heavy atom. The number of rotatable bonds is 4. The van der Waals surface area contributed by atoms with E-state index in [1.54, 1.807) is 0 Å². The third kappa shape index (κ3) is 2.63. The van der Waals surface area contributed by atoms with Crippen LogP contribution in [0.5, 0.6) is 0 Å². The summed E-state index contributed by atoms with van der Waals surface area (Å²) < 4.78 is 12.9. The molecule has 0 unspecified atom stereocenters. The molecule has 0 saturated heterocycles. The van der Waals surface area contributed by atoms with E-state index in [1.165, 1.54) is 6.08 Å². The predicted molar refractivity (Wildman–Crippen MR) is 55.6 cm³/mol. The van der Waals surface area contributed by atoms with Gasteiger partial charge in [0.1, 0.15) is 11.4 Å². The molecule has 1 aromatic carbocycles. The van der Waals surface area contributed by atoms with Gasteiger partial charge in [0.15, 0.2) is 0 Å². The number of nitro benzene ring substituents is 1. The van der Waals surface area contributed by atoms with Crippen molar-refractivity contribution >= 4 is 11.6 Å². The Labute approximate surface area is 90.7 Å². The van der Waals surface area contributed by atoms with Gasteiger partial charge in [0.2, 0.25) is 0 Å². The van der Waals surface area contributed by atoms with Gasteiger partial charge >= 0.3 is 0 Å². The van der Waals surface area contributed by atoms with Crippen LogP contribution in [0.2, 0.25) is 0 Å². The van der Waals surface area contributed by atoms with E-state index in [1.807, 2.05) is 0 Å². The molecule has 0 heterocycles. The number of benzene rings is 1. The summed E-state index contributed by atoms with van der Waals surface area (Å²) in [5.41, 5.74) is -0.727. The summed E-state index contributed by atoms with van der Waals surface area (Å²) >= 11 is 0. The molecule has 1 aromatic rings. The zero-order valence-electron chi connectivity index (χ0n) is 8.27. The quantitative estimate of drug-likeness (QED) is 0.480. The Bertz CT molecular complexity index is 446. The molecule has 16 heavy (non-hydrogen) atoms. The Hall–Kier alpha value is -2.24. The zero-order valence-corrected chi connectivity index (χ0v) is 8.27. The first-order valence-electron chi connectivity index (χ1n) is 4.39. The van der Waals surface area contributed by atoms with E-state index in [-0.39, 0.29) is 12.1 Å². The summed E-state index contributed by atoms with van der Waals surface area (Å²) in [6.07, 6.45) is 1.42. The second kappa shape index (κ2) is 5.01. The van der Waals surface area contributed by atoms with Crippen molar-refractivity contribution < 1.29 is 14.1 Å². The number of hydrogen-bond donors (Lipinski definition) is 1. The molecule has 6 heteroatoms. The fraction of sp³-hybridized carbons (Fsp3) is 0.100. The molecule has 0 atom stereocenters. The maximum Gasteiger partial charge on any atom is 0.282 e. The molecule has 1 rings (SSSR count). The number of halogens is 1. The van der Waals surface area contributed by atoms with Crippen molar-refractivity contribution in [1.82, 2.24) is 5.32 Å². The lowest BCUT2D eigenvalue weighted by Gasteiger charge is -2.03. The number of carbonyl (C=O) groups is 1. The average molecular weight is 224 g/mol. The predicted octanol–water partition coefficient (Wildman–Crippen LogP) is 1.65. The molecule has 0 aliphatic rings. The highest BCUT2D eigenvalue weighted by molar-refractivity contribution is 5.98. The van der Waals surface area contributed by atoms with Crippen LogP contribution < -0.4 is 5.32 Å². The monoisotopic (exact) mass is 224 g/mol. The van der Waals surface area contributed by atoms with Gasteiger partial charge in [-0.25, -0.2) is 4.39 Å². The number of nitrogens with zero attached hydrogens (tertiary/aromatic N) is 1. The SMILES string of the molecule is C=CCNC(=O)c1cc(F)ccc1[N+](=O)[O-]. The van der Waals surface area contributed by atoms with Crippen LogP contribution in [-0.4, -0.2) is 17.4 Å². The number of carbonyl (C=O) groups excluding carboxylic acids is 1. The minimum absolute atomic E-state index is 0.159. The third-order valence-corrected chi connectivity index (χ3v) is 1.81. The van der Waals surface area contributed by atoms with E-state index in [0.717, 1.165) is 18.2 Å². The summed E-state index contributed by atoms with van der Waals surface area (Å²) in [4.78, 5) is 21.3. The molecular formula is C10H9FN2O3. The summed E-state index contributed by atoms with van der Waals surface area (Å²) in [5.74, 6) is -1.40. The highest BCUT2D eigenvalue weighted by Crippen LogP contribution is 2.19. The first-order valence-corrected chi connectivity index (χ1v) is 4.39. The van der Waals surface area contributed by atoms with E-state index in [4.69, 9.17) is 0 Å². The Kier molecular flexibility index (Phi) is 3.71. The lowest BCUT2D eigenvalue weighted by molar-refractivity contribution is -0.385. The van der Waals surface area contributed by atoms with Crippen molar-refractivity contribution in [2.24, 2.45) is 0 Å². The Balaban J connectivity index is 3.09. The van der Waals surface area contributed by atoms with Crippen LogP contribution in [0.15, 0.2) is 30.9 Å². The van der Waals surface area contributed by atoms with Gasteiger partial charge in [0.25, 0.3) is 11.6 Å². The second-order valence-electron chi connectivity index (χ2n) is 2.92. The van der Waals surface area contributed by atoms with Gasteiger partial charge in [0, 0.05) is 12.6 Å². The van der Waals surface area contributed by atoms with Crippen LogP contribution in [0, 0.1) is 15.9 Å². The molecule has 0 saturated carbocycles. The van der Waals surface area contributed by atoms with Gasteiger partial charge in [-0.3, -0.25) is 14.9 Å². The molecule has 5 nitrogen and oxygen atoms in total. The maximum atomic E-state index is 12.9. The van der Waals surface area contributed by atoms with Crippen LogP contribution in [0.1, 0.15) is 10.4 Å². The molecule has 0 bridgehead atoms. The molecule has 0 radical (unpaired) electrons. The van der Waals surface area contributed by atoms with Gasteiger partial charge in [-0.15, -0.1) is 6.58 Å². The summed E-state index contributed by atoms with van der Waals surface area (Å²) in [5, 5.41) is 12.9. The van der Waals surface area contributed by atoms with Gasteiger partial charge in [-0.05, 0) is 12.1 Å². The first-order chi connectivity index (χ1) is 7.56. The van der Waals surface area contributed by atoms with E-state index in [2.05, 4.69) is 11.9 Å². The molecule has 0 spiro atoms. The molecule has 0 fully saturated rings. The van der Waals surface area contributed by atoms with Gasteiger partial charge in [-0.1, -0.05) is 6.08 Å². The average Bonchev–Trinajstić information content (AvgIpc) is 2.25. The van der Waals surface area contributed by atoms with E-state index >= 15 is 0 Å². The van der Waals surface area contributed by atoms with Crippen LogP contribution in [-0.2, 0) is 0 Å². The number of nitrogens with one attached hydrogen (secondary N) is 1. The van der Waals surface area contributed by atoms with Crippen molar-refractivity contribution in [2.45, 2.75) is 0 Å². The van der Waals surface area contributed by atoms with Crippen molar-refractivity contribution in [3.05, 3.63) is 52.3 Å². The van der Waals surface area contributed by atoms with Crippen molar-refractivity contribution in [1.29, 1.82) is 0 Å². The molecule has 0 aliphatic heterocycles. The molecule has 0 aliphatic carbocycles. The number of hydrogen-bond acceptors (Lipinski definition) is 3. The Morgan fingerprint density at radius 2 is 2.31 bits per heavy atom. The van der Waals surface area contributed by atoms with Crippen LogP contribution >= 0.6 is 0 Å². The minimum Gasteiger partial charge on any atom is -0.348 e. The van der Waals surface area contributed by atoms with Crippen molar-refractivity contribution in [3.63, 3.8) is 0 Å². The zero-order chi connectivity index (χ0) is 12.1. The normalized spacial score (nSPS) is 9.56. The third-order valence-electron chi connectivity index (χ3n) is 1.81. The van der Waals surface area contributed by atoms with Gasteiger partial charge < -0.3 is 5.32 Å². The molecule has 84 valence electrons. The van der Waals surface area contributed by atoms with Crippen LogP contribution in [0.3, 0.4) is 0 Å². The van der Waals surface area contributed by atoms with Crippen LogP contribution in [0.25, 0.3) is 0 Å². The molecule has 1 N–H and O–H groups in total. The number of nitro groups is 1. The molecular weight excluding hydrogens is 215 g/mol. The summed E-state index contributed by atoms with van der Waals surface area (Å²) in [7, 11) is 0. The lowest BCUT2D eigenvalue weighted by Crippen LogP contribution is -2.24. The van der Waals surface area contributed by atoms with E-state index < -0.39 is 22.3 Å². The summed E-state index contributed by atoms with van der Waals surface area (Å²) in [6.45, 7) is 3.54.